The Bertz CT molecular complexity index is 501. The van der Waals surface area contributed by atoms with Gasteiger partial charge in [-0.05, 0) is 18.5 Å². The van der Waals surface area contributed by atoms with Gasteiger partial charge in [0.1, 0.15) is 0 Å². The number of anilines is 1. The third kappa shape index (κ3) is 2.58. The lowest BCUT2D eigenvalue weighted by Crippen LogP contribution is -2.04. The fourth-order valence-electron chi connectivity index (χ4n) is 1.07. The van der Waals surface area contributed by atoms with Crippen molar-refractivity contribution in [1.29, 1.82) is 0 Å². The average molecular weight is 276 g/mol. The number of aromatic nitrogens is 4. The van der Waals surface area contributed by atoms with Crippen molar-refractivity contribution in [3.05, 3.63) is 26.5 Å². The molecule has 0 spiro atoms. The average Bonchev–Trinajstić information content (AvgIpc) is 2.66. The number of aryl methyl sites for hydroxylation is 1. The van der Waals surface area contributed by atoms with E-state index in [1.807, 2.05) is 6.92 Å². The fourth-order valence-corrected chi connectivity index (χ4v) is 2.05. The standard InChI is InChI=1S/C8H7Cl2N5S/c1-4-5(16-3-12-4)2-11-7-6(9)14-15-8(10)13-7/h3H,2H2,1H3,(H,11,13,15). The molecule has 16 heavy (non-hydrogen) atoms. The van der Waals surface area contributed by atoms with E-state index in [9.17, 15) is 0 Å². The molecule has 2 heterocycles. The molecule has 0 fully saturated rings. The predicted molar refractivity (Wildman–Crippen MR) is 64.0 cm³/mol. The van der Waals surface area contributed by atoms with Gasteiger partial charge in [-0.25, -0.2) is 4.98 Å². The minimum atomic E-state index is 0.0629. The molecule has 0 radical (unpaired) electrons. The zero-order valence-corrected chi connectivity index (χ0v) is 10.6. The molecule has 5 nitrogen and oxygen atoms in total. The molecule has 2 aromatic rings. The monoisotopic (exact) mass is 275 g/mol. The molecule has 0 atom stereocenters. The van der Waals surface area contributed by atoms with Crippen LogP contribution in [0.1, 0.15) is 10.6 Å². The molecule has 0 saturated heterocycles. The molecule has 2 aromatic heterocycles. The van der Waals surface area contributed by atoms with Crippen molar-refractivity contribution in [3.8, 4) is 0 Å². The van der Waals surface area contributed by atoms with Crippen LogP contribution in [-0.4, -0.2) is 20.2 Å². The summed E-state index contributed by atoms with van der Waals surface area (Å²) in [6.07, 6.45) is 0. The van der Waals surface area contributed by atoms with Gasteiger partial charge in [-0.3, -0.25) is 0 Å². The van der Waals surface area contributed by atoms with Crippen molar-refractivity contribution in [1.82, 2.24) is 20.2 Å². The minimum Gasteiger partial charge on any atom is -0.362 e. The first-order valence-electron chi connectivity index (χ1n) is 4.35. The Balaban J connectivity index is 2.10. The molecule has 0 unspecified atom stereocenters. The third-order valence-corrected chi connectivity index (χ3v) is 3.23. The van der Waals surface area contributed by atoms with E-state index in [2.05, 4.69) is 25.5 Å². The van der Waals surface area contributed by atoms with Gasteiger partial charge in [0, 0.05) is 4.88 Å². The number of hydrogen-bond donors (Lipinski definition) is 1. The summed E-state index contributed by atoms with van der Waals surface area (Å²) in [6.45, 7) is 2.53. The van der Waals surface area contributed by atoms with Gasteiger partial charge in [0.05, 0.1) is 17.7 Å². The van der Waals surface area contributed by atoms with Gasteiger partial charge in [-0.1, -0.05) is 11.6 Å². The first kappa shape index (κ1) is 11.5. The second kappa shape index (κ2) is 4.90. The lowest BCUT2D eigenvalue weighted by atomic mass is 10.4. The summed E-state index contributed by atoms with van der Waals surface area (Å²) < 4.78 is 0. The van der Waals surface area contributed by atoms with Crippen LogP contribution in [0.2, 0.25) is 10.4 Å². The zero-order valence-electron chi connectivity index (χ0n) is 8.24. The summed E-state index contributed by atoms with van der Waals surface area (Å²) in [5, 5.41) is 10.5. The van der Waals surface area contributed by atoms with Gasteiger partial charge in [-0.15, -0.1) is 21.5 Å². The summed E-state index contributed by atoms with van der Waals surface area (Å²) >= 11 is 13.0. The molecule has 0 aliphatic carbocycles. The lowest BCUT2D eigenvalue weighted by molar-refractivity contribution is 0.959. The zero-order chi connectivity index (χ0) is 11.5. The molecular formula is C8H7Cl2N5S. The molecule has 0 bridgehead atoms. The highest BCUT2D eigenvalue weighted by Crippen LogP contribution is 2.19. The smallest absolute Gasteiger partial charge is 0.245 e. The highest BCUT2D eigenvalue weighted by molar-refractivity contribution is 7.09. The van der Waals surface area contributed by atoms with Crippen LogP contribution in [0, 0.1) is 6.92 Å². The molecule has 0 aliphatic rings. The number of hydrogen-bond acceptors (Lipinski definition) is 6. The molecule has 0 amide bonds. The summed E-state index contributed by atoms with van der Waals surface area (Å²) in [7, 11) is 0. The van der Waals surface area contributed by atoms with E-state index in [0.29, 0.717) is 12.4 Å². The van der Waals surface area contributed by atoms with Crippen molar-refractivity contribution in [2.45, 2.75) is 13.5 Å². The maximum absolute atomic E-state index is 5.81. The molecule has 8 heteroatoms. The van der Waals surface area contributed by atoms with E-state index in [4.69, 9.17) is 23.2 Å². The molecule has 84 valence electrons. The maximum atomic E-state index is 5.81. The summed E-state index contributed by atoms with van der Waals surface area (Å²) in [6, 6.07) is 0. The van der Waals surface area contributed by atoms with Crippen LogP contribution in [0.5, 0.6) is 0 Å². The first-order chi connectivity index (χ1) is 7.66. The summed E-state index contributed by atoms with van der Waals surface area (Å²) in [5.41, 5.74) is 2.78. The molecule has 1 N–H and O–H groups in total. The van der Waals surface area contributed by atoms with Crippen molar-refractivity contribution >= 4 is 40.4 Å². The number of halogens is 2. The second-order valence-electron chi connectivity index (χ2n) is 2.93. The Morgan fingerprint density at radius 3 is 2.88 bits per heavy atom. The fraction of sp³-hybridized carbons (Fsp3) is 0.250. The third-order valence-electron chi connectivity index (χ3n) is 1.88. The Morgan fingerprint density at radius 1 is 1.38 bits per heavy atom. The molecule has 2 rings (SSSR count). The Morgan fingerprint density at radius 2 is 2.19 bits per heavy atom. The van der Waals surface area contributed by atoms with Crippen LogP contribution < -0.4 is 5.32 Å². The van der Waals surface area contributed by atoms with Crippen LogP contribution in [-0.2, 0) is 6.54 Å². The lowest BCUT2D eigenvalue weighted by Gasteiger charge is -2.04. The van der Waals surface area contributed by atoms with Crippen LogP contribution in [0.4, 0.5) is 5.82 Å². The quantitative estimate of drug-likeness (QED) is 0.933. The Hall–Kier alpha value is -0.980. The molecule has 0 aliphatic heterocycles. The SMILES string of the molecule is Cc1ncsc1CNc1nc(Cl)nnc1Cl. The Kier molecular flexibility index (Phi) is 3.52. The van der Waals surface area contributed by atoms with Gasteiger partial charge in [0.2, 0.25) is 5.28 Å². The van der Waals surface area contributed by atoms with Crippen LogP contribution >= 0.6 is 34.5 Å². The maximum Gasteiger partial charge on any atom is 0.245 e. The van der Waals surface area contributed by atoms with Crippen molar-refractivity contribution in [2.75, 3.05) is 5.32 Å². The normalized spacial score (nSPS) is 10.4. The van der Waals surface area contributed by atoms with Crippen LogP contribution in [0.25, 0.3) is 0 Å². The Labute approximate surface area is 106 Å². The summed E-state index contributed by atoms with van der Waals surface area (Å²) in [5.74, 6) is 0.425. The highest BCUT2D eigenvalue weighted by atomic mass is 35.5. The van der Waals surface area contributed by atoms with E-state index >= 15 is 0 Å². The molecule has 0 aromatic carbocycles. The van der Waals surface area contributed by atoms with E-state index in [0.717, 1.165) is 10.6 Å². The van der Waals surface area contributed by atoms with Crippen molar-refractivity contribution in [3.63, 3.8) is 0 Å². The predicted octanol–water partition coefficient (Wildman–Crippen LogP) is 2.56. The molecular weight excluding hydrogens is 269 g/mol. The van der Waals surface area contributed by atoms with Crippen LogP contribution in [0.3, 0.4) is 0 Å². The van der Waals surface area contributed by atoms with Gasteiger partial charge >= 0.3 is 0 Å². The number of nitrogens with one attached hydrogen (secondary N) is 1. The van der Waals surface area contributed by atoms with Gasteiger partial charge in [0.15, 0.2) is 11.0 Å². The number of nitrogens with zero attached hydrogens (tertiary/aromatic N) is 4. The first-order valence-corrected chi connectivity index (χ1v) is 5.99. The van der Waals surface area contributed by atoms with Gasteiger partial charge in [-0.2, -0.15) is 4.98 Å². The number of rotatable bonds is 3. The van der Waals surface area contributed by atoms with E-state index in [1.165, 1.54) is 0 Å². The topological polar surface area (TPSA) is 63.6 Å². The van der Waals surface area contributed by atoms with E-state index in [-0.39, 0.29) is 10.4 Å². The van der Waals surface area contributed by atoms with Crippen molar-refractivity contribution in [2.24, 2.45) is 0 Å². The highest BCUT2D eigenvalue weighted by Gasteiger charge is 2.07. The van der Waals surface area contributed by atoms with E-state index < -0.39 is 0 Å². The summed E-state index contributed by atoms with van der Waals surface area (Å²) in [4.78, 5) is 9.19. The van der Waals surface area contributed by atoms with E-state index in [1.54, 1.807) is 16.8 Å². The second-order valence-corrected chi connectivity index (χ2v) is 4.57. The number of thiazole rings is 1. The minimum absolute atomic E-state index is 0.0629. The largest absolute Gasteiger partial charge is 0.362 e. The van der Waals surface area contributed by atoms with Gasteiger partial charge < -0.3 is 5.32 Å². The molecule has 0 saturated carbocycles. The van der Waals surface area contributed by atoms with Crippen LogP contribution in [0.15, 0.2) is 5.51 Å². The van der Waals surface area contributed by atoms with Gasteiger partial charge in [0.25, 0.3) is 0 Å². The van der Waals surface area contributed by atoms with Crippen molar-refractivity contribution < 1.29 is 0 Å².